The van der Waals surface area contributed by atoms with Gasteiger partial charge in [0.25, 0.3) is 6.43 Å². The summed E-state index contributed by atoms with van der Waals surface area (Å²) in [6.07, 6.45) is -1.53. The lowest BCUT2D eigenvalue weighted by Crippen LogP contribution is -2.00. The number of hydrogen-bond donors (Lipinski definition) is 0. The number of methoxy groups -OCH3 is 1. The Labute approximate surface area is 83.7 Å². The molecular weight excluding hydrogens is 216 g/mol. The van der Waals surface area contributed by atoms with Crippen LogP contribution < -0.4 is 4.74 Å². The first-order valence-corrected chi connectivity index (χ1v) is 3.95. The van der Waals surface area contributed by atoms with Crippen LogP contribution in [0.3, 0.4) is 0 Å². The van der Waals surface area contributed by atoms with Gasteiger partial charge in [-0.15, -0.1) is 0 Å². The highest BCUT2D eigenvalue weighted by Crippen LogP contribution is 2.33. The van der Waals surface area contributed by atoms with Crippen molar-refractivity contribution >= 4 is 17.9 Å². The molecule has 1 aromatic rings. The number of pyridine rings is 1. The van der Waals surface area contributed by atoms with Crippen LogP contribution in [-0.4, -0.2) is 18.4 Å². The van der Waals surface area contributed by atoms with Crippen molar-refractivity contribution in [3.63, 3.8) is 0 Å². The van der Waals surface area contributed by atoms with Gasteiger partial charge in [0.15, 0.2) is 6.29 Å². The standard InChI is InChI=1S/C8H6ClF2NO2/c1-14-6-4(8(10)11)2-12-7(9)5(6)3-13/h2-3,8H,1H3. The molecule has 0 bridgehead atoms. The molecule has 1 heterocycles. The summed E-state index contributed by atoms with van der Waals surface area (Å²) in [5, 5.41) is -0.152. The van der Waals surface area contributed by atoms with Gasteiger partial charge in [-0.25, -0.2) is 13.8 Å². The zero-order valence-corrected chi connectivity index (χ0v) is 7.89. The van der Waals surface area contributed by atoms with Gasteiger partial charge in [-0.2, -0.15) is 0 Å². The molecule has 6 heteroatoms. The van der Waals surface area contributed by atoms with Crippen molar-refractivity contribution in [1.29, 1.82) is 0 Å². The SMILES string of the molecule is COc1c(C(F)F)cnc(Cl)c1C=O. The summed E-state index contributed by atoms with van der Waals surface area (Å²) in [6, 6.07) is 0. The monoisotopic (exact) mass is 221 g/mol. The molecule has 0 unspecified atom stereocenters. The Hall–Kier alpha value is -1.23. The maximum atomic E-state index is 12.4. The van der Waals surface area contributed by atoms with Crippen LogP contribution in [0, 0.1) is 0 Å². The molecule has 0 aromatic carbocycles. The van der Waals surface area contributed by atoms with E-state index in [-0.39, 0.29) is 16.5 Å². The Kier molecular flexibility index (Phi) is 3.35. The van der Waals surface area contributed by atoms with Crippen LogP contribution in [0.2, 0.25) is 5.15 Å². The van der Waals surface area contributed by atoms with Gasteiger partial charge in [-0.1, -0.05) is 11.6 Å². The van der Waals surface area contributed by atoms with Gasteiger partial charge in [0, 0.05) is 6.20 Å². The summed E-state index contributed by atoms with van der Waals surface area (Å²) in [4.78, 5) is 14.0. The van der Waals surface area contributed by atoms with Crippen LogP contribution in [0.15, 0.2) is 6.20 Å². The molecule has 3 nitrogen and oxygen atoms in total. The molecular formula is C8H6ClF2NO2. The van der Waals surface area contributed by atoms with Crippen LogP contribution in [0.5, 0.6) is 5.75 Å². The number of ether oxygens (including phenoxy) is 1. The van der Waals surface area contributed by atoms with E-state index >= 15 is 0 Å². The topological polar surface area (TPSA) is 39.2 Å². The van der Waals surface area contributed by atoms with E-state index < -0.39 is 12.0 Å². The van der Waals surface area contributed by atoms with Crippen molar-refractivity contribution in [2.75, 3.05) is 7.11 Å². The molecule has 0 aliphatic rings. The van der Waals surface area contributed by atoms with E-state index in [0.717, 1.165) is 6.20 Å². The minimum Gasteiger partial charge on any atom is -0.495 e. The van der Waals surface area contributed by atoms with Crippen LogP contribution >= 0.6 is 11.6 Å². The first-order valence-electron chi connectivity index (χ1n) is 3.57. The zero-order valence-electron chi connectivity index (χ0n) is 7.13. The Bertz CT molecular complexity index is 357. The molecule has 0 amide bonds. The third-order valence-corrected chi connectivity index (χ3v) is 1.90. The summed E-state index contributed by atoms with van der Waals surface area (Å²) >= 11 is 5.52. The van der Waals surface area contributed by atoms with Crippen molar-refractivity contribution in [3.05, 3.63) is 22.5 Å². The summed E-state index contributed by atoms with van der Waals surface area (Å²) in [5.41, 5.74) is -0.606. The molecule has 0 spiro atoms. The lowest BCUT2D eigenvalue weighted by Gasteiger charge is -2.09. The zero-order chi connectivity index (χ0) is 10.7. The normalized spacial score (nSPS) is 10.4. The van der Waals surface area contributed by atoms with E-state index in [1.165, 1.54) is 7.11 Å². The number of nitrogens with zero attached hydrogens (tertiary/aromatic N) is 1. The van der Waals surface area contributed by atoms with Crippen LogP contribution in [0.25, 0.3) is 0 Å². The van der Waals surface area contributed by atoms with Crippen LogP contribution in [0.1, 0.15) is 22.3 Å². The maximum absolute atomic E-state index is 12.4. The largest absolute Gasteiger partial charge is 0.495 e. The van der Waals surface area contributed by atoms with E-state index in [4.69, 9.17) is 11.6 Å². The number of rotatable bonds is 3. The van der Waals surface area contributed by atoms with Crippen molar-refractivity contribution in [1.82, 2.24) is 4.98 Å². The number of carbonyl (C=O) groups excluding carboxylic acids is 1. The van der Waals surface area contributed by atoms with Gasteiger partial charge in [-0.3, -0.25) is 4.79 Å². The Balaban J connectivity index is 3.40. The molecule has 0 radical (unpaired) electrons. The fraction of sp³-hybridized carbons (Fsp3) is 0.250. The minimum absolute atomic E-state index is 0.152. The summed E-state index contributed by atoms with van der Waals surface area (Å²) in [7, 11) is 1.19. The third-order valence-electron chi connectivity index (χ3n) is 1.60. The van der Waals surface area contributed by atoms with Crippen LogP contribution in [-0.2, 0) is 0 Å². The molecule has 14 heavy (non-hydrogen) atoms. The first kappa shape index (κ1) is 10.8. The lowest BCUT2D eigenvalue weighted by atomic mass is 10.2. The average Bonchev–Trinajstić information content (AvgIpc) is 2.16. The highest BCUT2D eigenvalue weighted by atomic mass is 35.5. The summed E-state index contributed by atoms with van der Waals surface area (Å²) in [6.45, 7) is 0. The fourth-order valence-corrected chi connectivity index (χ4v) is 1.17. The Morgan fingerprint density at radius 2 is 2.29 bits per heavy atom. The molecule has 0 aliphatic carbocycles. The van der Waals surface area contributed by atoms with E-state index in [1.54, 1.807) is 0 Å². The number of aromatic nitrogens is 1. The van der Waals surface area contributed by atoms with Gasteiger partial charge in [0.05, 0.1) is 18.2 Å². The molecule has 76 valence electrons. The predicted octanol–water partition coefficient (Wildman–Crippen LogP) is 2.49. The van der Waals surface area contributed by atoms with E-state index in [9.17, 15) is 13.6 Å². The third kappa shape index (κ3) is 1.82. The first-order chi connectivity index (χ1) is 6.61. The highest BCUT2D eigenvalue weighted by Gasteiger charge is 2.20. The Morgan fingerprint density at radius 1 is 1.64 bits per heavy atom. The second-order valence-electron chi connectivity index (χ2n) is 2.37. The average molecular weight is 222 g/mol. The van der Waals surface area contributed by atoms with Crippen molar-refractivity contribution in [2.24, 2.45) is 0 Å². The second-order valence-corrected chi connectivity index (χ2v) is 2.73. The summed E-state index contributed by atoms with van der Waals surface area (Å²) < 4.78 is 29.4. The fourth-order valence-electron chi connectivity index (χ4n) is 0.989. The lowest BCUT2D eigenvalue weighted by molar-refractivity contribution is 0.111. The Morgan fingerprint density at radius 3 is 2.71 bits per heavy atom. The maximum Gasteiger partial charge on any atom is 0.268 e. The van der Waals surface area contributed by atoms with Crippen molar-refractivity contribution in [3.8, 4) is 5.75 Å². The van der Waals surface area contributed by atoms with Gasteiger partial charge in [0.1, 0.15) is 10.9 Å². The van der Waals surface area contributed by atoms with E-state index in [0.29, 0.717) is 6.29 Å². The quantitative estimate of drug-likeness (QED) is 0.582. The number of alkyl halides is 2. The van der Waals surface area contributed by atoms with E-state index in [2.05, 4.69) is 9.72 Å². The molecule has 1 aromatic heterocycles. The van der Waals surface area contributed by atoms with Gasteiger partial charge < -0.3 is 4.74 Å². The molecule has 0 saturated carbocycles. The molecule has 0 aliphatic heterocycles. The number of halogens is 3. The smallest absolute Gasteiger partial charge is 0.268 e. The number of aldehydes is 1. The predicted molar refractivity (Wildman–Crippen MR) is 46.1 cm³/mol. The van der Waals surface area contributed by atoms with Crippen molar-refractivity contribution in [2.45, 2.75) is 6.43 Å². The minimum atomic E-state index is -2.76. The number of hydrogen-bond acceptors (Lipinski definition) is 3. The number of carbonyl (C=O) groups is 1. The van der Waals surface area contributed by atoms with Gasteiger partial charge in [-0.05, 0) is 0 Å². The second kappa shape index (κ2) is 4.32. The molecule has 0 saturated heterocycles. The van der Waals surface area contributed by atoms with Gasteiger partial charge in [0.2, 0.25) is 0 Å². The summed E-state index contributed by atoms with van der Waals surface area (Å²) in [5.74, 6) is -0.227. The van der Waals surface area contributed by atoms with Crippen molar-refractivity contribution < 1.29 is 18.3 Å². The van der Waals surface area contributed by atoms with E-state index in [1.807, 2.05) is 0 Å². The molecule has 0 atom stereocenters. The van der Waals surface area contributed by atoms with Gasteiger partial charge >= 0.3 is 0 Å². The molecule has 0 N–H and O–H groups in total. The highest BCUT2D eigenvalue weighted by molar-refractivity contribution is 6.32. The molecule has 0 fully saturated rings. The van der Waals surface area contributed by atoms with Crippen LogP contribution in [0.4, 0.5) is 8.78 Å². The molecule has 1 rings (SSSR count).